The molecule has 0 aromatic carbocycles. The normalized spacial score (nSPS) is 14.1. The highest BCUT2D eigenvalue weighted by Gasteiger charge is 2.31. The van der Waals surface area contributed by atoms with Crippen LogP contribution in [0.15, 0.2) is 10.3 Å². The van der Waals surface area contributed by atoms with E-state index in [2.05, 4.69) is 0 Å². The predicted octanol–water partition coefficient (Wildman–Crippen LogP) is 2.36. The first kappa shape index (κ1) is 15.6. The van der Waals surface area contributed by atoms with Crippen molar-refractivity contribution in [3.63, 3.8) is 0 Å². The van der Waals surface area contributed by atoms with Crippen LogP contribution in [0.1, 0.15) is 37.6 Å². The Hall–Kier alpha value is -0.430. The van der Waals surface area contributed by atoms with E-state index in [9.17, 15) is 13.5 Å². The van der Waals surface area contributed by atoms with E-state index < -0.39 is 10.0 Å². The van der Waals surface area contributed by atoms with Crippen molar-refractivity contribution in [2.45, 2.75) is 51.7 Å². The van der Waals surface area contributed by atoms with E-state index in [0.717, 1.165) is 6.42 Å². The second-order valence-corrected chi connectivity index (χ2v) is 7.09. The Morgan fingerprint density at radius 1 is 1.44 bits per heavy atom. The van der Waals surface area contributed by atoms with Gasteiger partial charge in [-0.05, 0) is 31.2 Å². The Morgan fingerprint density at radius 2 is 2.06 bits per heavy atom. The largest absolute Gasteiger partial charge is 0.391 e. The van der Waals surface area contributed by atoms with Crippen LogP contribution in [0.25, 0.3) is 0 Å². The first-order valence-corrected chi connectivity index (χ1v) is 8.41. The second-order valence-electron chi connectivity index (χ2n) is 4.29. The maximum absolute atomic E-state index is 12.6. The maximum Gasteiger partial charge on any atom is 0.244 e. The average molecular weight is 291 g/mol. The SMILES string of the molecule is CCC(C)N(CC)S(=O)(=O)c1c(C)csc1CO. The van der Waals surface area contributed by atoms with Crippen LogP contribution in [0.2, 0.25) is 0 Å². The summed E-state index contributed by atoms with van der Waals surface area (Å²) in [5, 5.41) is 11.1. The quantitative estimate of drug-likeness (QED) is 0.875. The fourth-order valence-electron chi connectivity index (χ4n) is 1.98. The number of hydrogen-bond donors (Lipinski definition) is 1. The fourth-order valence-corrected chi connectivity index (χ4v) is 5.31. The number of thiophene rings is 1. The molecule has 1 atom stereocenters. The van der Waals surface area contributed by atoms with E-state index in [-0.39, 0.29) is 17.5 Å². The van der Waals surface area contributed by atoms with Gasteiger partial charge in [-0.25, -0.2) is 8.42 Å². The number of rotatable bonds is 6. The van der Waals surface area contributed by atoms with E-state index in [0.29, 0.717) is 17.0 Å². The zero-order valence-electron chi connectivity index (χ0n) is 11.3. The van der Waals surface area contributed by atoms with Crippen LogP contribution in [0.3, 0.4) is 0 Å². The number of aliphatic hydroxyl groups excluding tert-OH is 1. The molecule has 0 spiro atoms. The van der Waals surface area contributed by atoms with Gasteiger partial charge >= 0.3 is 0 Å². The molecule has 1 aromatic rings. The van der Waals surface area contributed by atoms with Crippen LogP contribution in [0.5, 0.6) is 0 Å². The molecule has 4 nitrogen and oxygen atoms in total. The summed E-state index contributed by atoms with van der Waals surface area (Å²) in [7, 11) is -3.51. The van der Waals surface area contributed by atoms with Gasteiger partial charge in [-0.3, -0.25) is 0 Å². The Kier molecular flexibility index (Phi) is 5.33. The van der Waals surface area contributed by atoms with Gasteiger partial charge < -0.3 is 5.11 Å². The van der Waals surface area contributed by atoms with Gasteiger partial charge in [0, 0.05) is 12.6 Å². The van der Waals surface area contributed by atoms with Crippen molar-refractivity contribution < 1.29 is 13.5 Å². The number of sulfonamides is 1. The molecule has 6 heteroatoms. The van der Waals surface area contributed by atoms with Gasteiger partial charge in [-0.15, -0.1) is 11.3 Å². The van der Waals surface area contributed by atoms with Gasteiger partial charge in [0.25, 0.3) is 0 Å². The Balaban J connectivity index is 3.31. The first-order chi connectivity index (χ1) is 8.39. The average Bonchev–Trinajstić information content (AvgIpc) is 2.71. The van der Waals surface area contributed by atoms with Gasteiger partial charge in [0.1, 0.15) is 4.90 Å². The smallest absolute Gasteiger partial charge is 0.244 e. The van der Waals surface area contributed by atoms with Crippen LogP contribution in [-0.2, 0) is 16.6 Å². The summed E-state index contributed by atoms with van der Waals surface area (Å²) in [5.41, 5.74) is 0.714. The standard InChI is InChI=1S/C12H21NO3S2/c1-5-10(4)13(6-2)18(15,16)12-9(3)8-17-11(12)7-14/h8,10,14H,5-7H2,1-4H3. The first-order valence-electron chi connectivity index (χ1n) is 6.09. The molecule has 1 aromatic heterocycles. The Morgan fingerprint density at radius 3 is 2.50 bits per heavy atom. The molecule has 1 N–H and O–H groups in total. The Labute approximate surface area is 113 Å². The highest BCUT2D eigenvalue weighted by molar-refractivity contribution is 7.89. The number of aliphatic hydroxyl groups is 1. The van der Waals surface area contributed by atoms with Crippen molar-refractivity contribution in [3.8, 4) is 0 Å². The summed E-state index contributed by atoms with van der Waals surface area (Å²) in [5.74, 6) is 0. The highest BCUT2D eigenvalue weighted by atomic mass is 32.2. The second kappa shape index (κ2) is 6.14. The van der Waals surface area contributed by atoms with Crippen molar-refractivity contribution >= 4 is 21.4 Å². The third-order valence-corrected chi connectivity index (χ3v) is 6.63. The molecule has 0 bridgehead atoms. The number of hydrogen-bond acceptors (Lipinski definition) is 4. The van der Waals surface area contributed by atoms with E-state index in [4.69, 9.17) is 0 Å². The third-order valence-electron chi connectivity index (χ3n) is 3.09. The highest BCUT2D eigenvalue weighted by Crippen LogP contribution is 2.30. The molecule has 0 radical (unpaired) electrons. The fraction of sp³-hybridized carbons (Fsp3) is 0.667. The summed E-state index contributed by atoms with van der Waals surface area (Å²) in [6.07, 6.45) is 0.769. The Bertz CT molecular complexity index is 493. The number of nitrogens with zero attached hydrogens (tertiary/aromatic N) is 1. The van der Waals surface area contributed by atoms with Gasteiger partial charge in [-0.1, -0.05) is 13.8 Å². The van der Waals surface area contributed by atoms with Crippen molar-refractivity contribution in [2.24, 2.45) is 0 Å². The zero-order valence-corrected chi connectivity index (χ0v) is 12.9. The third kappa shape index (κ3) is 2.77. The van der Waals surface area contributed by atoms with Gasteiger partial charge in [0.15, 0.2) is 0 Å². The van der Waals surface area contributed by atoms with Crippen LogP contribution >= 0.6 is 11.3 Å². The molecule has 0 amide bonds. The van der Waals surface area contributed by atoms with Crippen molar-refractivity contribution in [1.82, 2.24) is 4.31 Å². The van der Waals surface area contributed by atoms with Crippen molar-refractivity contribution in [1.29, 1.82) is 0 Å². The minimum atomic E-state index is -3.51. The lowest BCUT2D eigenvalue weighted by Crippen LogP contribution is -2.38. The lowest BCUT2D eigenvalue weighted by molar-refractivity contribution is 0.281. The molecule has 0 saturated heterocycles. The molecule has 18 heavy (non-hydrogen) atoms. The predicted molar refractivity (Wildman–Crippen MR) is 74.3 cm³/mol. The summed E-state index contributed by atoms with van der Waals surface area (Å²) >= 11 is 1.29. The van der Waals surface area contributed by atoms with Crippen LogP contribution in [-0.4, -0.2) is 30.4 Å². The lowest BCUT2D eigenvalue weighted by Gasteiger charge is -2.26. The molecule has 0 aliphatic heterocycles. The van der Waals surface area contributed by atoms with E-state index in [1.54, 1.807) is 12.3 Å². The molecule has 1 unspecified atom stereocenters. The lowest BCUT2D eigenvalue weighted by atomic mass is 10.3. The van der Waals surface area contributed by atoms with Crippen molar-refractivity contribution in [3.05, 3.63) is 15.8 Å². The topological polar surface area (TPSA) is 57.6 Å². The molecule has 0 saturated carbocycles. The van der Waals surface area contributed by atoms with E-state index in [1.807, 2.05) is 20.8 Å². The molecule has 0 fully saturated rings. The van der Waals surface area contributed by atoms with Crippen LogP contribution in [0, 0.1) is 6.92 Å². The summed E-state index contributed by atoms with van der Waals surface area (Å²) in [4.78, 5) is 0.811. The molecule has 104 valence electrons. The molecular weight excluding hydrogens is 270 g/mol. The van der Waals surface area contributed by atoms with E-state index in [1.165, 1.54) is 15.6 Å². The summed E-state index contributed by atoms with van der Waals surface area (Å²) in [6, 6.07) is -0.0363. The zero-order chi connectivity index (χ0) is 13.9. The van der Waals surface area contributed by atoms with Crippen LogP contribution in [0.4, 0.5) is 0 Å². The van der Waals surface area contributed by atoms with Gasteiger partial charge in [0.05, 0.1) is 11.5 Å². The summed E-state index contributed by atoms with van der Waals surface area (Å²) < 4.78 is 26.8. The minimum Gasteiger partial charge on any atom is -0.391 e. The summed E-state index contributed by atoms with van der Waals surface area (Å²) in [6.45, 7) is 7.69. The van der Waals surface area contributed by atoms with Gasteiger partial charge in [-0.2, -0.15) is 4.31 Å². The van der Waals surface area contributed by atoms with Gasteiger partial charge in [0.2, 0.25) is 10.0 Å². The number of aryl methyl sites for hydroxylation is 1. The monoisotopic (exact) mass is 291 g/mol. The van der Waals surface area contributed by atoms with E-state index >= 15 is 0 Å². The van der Waals surface area contributed by atoms with Crippen LogP contribution < -0.4 is 0 Å². The molecule has 0 aliphatic rings. The van der Waals surface area contributed by atoms with Crippen molar-refractivity contribution in [2.75, 3.05) is 6.54 Å². The minimum absolute atomic E-state index is 0.0363. The molecular formula is C12H21NO3S2. The molecule has 0 aliphatic carbocycles. The molecule has 1 rings (SSSR count). The molecule has 1 heterocycles. The maximum atomic E-state index is 12.6.